The summed E-state index contributed by atoms with van der Waals surface area (Å²) in [5.41, 5.74) is 4.83. The van der Waals surface area contributed by atoms with Crippen molar-refractivity contribution < 1.29 is 61.3 Å². The molecule has 0 spiro atoms. The van der Waals surface area contributed by atoms with Crippen LogP contribution in [0.25, 0.3) is 0 Å². The number of aliphatic carboxylic acids is 1. The Morgan fingerprint density at radius 2 is 1.80 bits per heavy atom. The fourth-order valence-electron chi connectivity index (χ4n) is 0.354. The molecule has 0 aliphatic carbocycles. The van der Waals surface area contributed by atoms with Crippen LogP contribution in [0.3, 0.4) is 0 Å². The summed E-state index contributed by atoms with van der Waals surface area (Å²) in [6, 6.07) is -0.877. The molecule has 0 aliphatic heterocycles. The average Bonchev–Trinajstić information content (AvgIpc) is 1.62. The van der Waals surface area contributed by atoms with Gasteiger partial charge in [0.05, 0.1) is 5.97 Å². The number of hydrogen-bond donors (Lipinski definition) is 1. The first-order chi connectivity index (χ1) is 3.85. The Kier molecular flexibility index (Phi) is 6.61. The van der Waals surface area contributed by atoms with E-state index in [4.69, 9.17) is 5.73 Å². The molecular weight excluding hydrogens is 157 g/mol. The van der Waals surface area contributed by atoms with Gasteiger partial charge in [0.25, 0.3) is 0 Å². The topological polar surface area (TPSA) is 66.2 Å². The Balaban J connectivity index is 0. The van der Waals surface area contributed by atoms with Gasteiger partial charge in [-0.3, -0.25) is 0 Å². The molecule has 0 radical (unpaired) electrons. The second-order valence-electron chi connectivity index (χ2n) is 3.16. The van der Waals surface area contributed by atoms with Gasteiger partial charge in [-0.2, -0.15) is 0 Å². The SMILES string of the molecule is CC(C)(C)C(N)C(=O)[O-].[K+]. The third-order valence-corrected chi connectivity index (χ3v) is 1.19. The van der Waals surface area contributed by atoms with Gasteiger partial charge in [0.15, 0.2) is 0 Å². The Labute approximate surface area is 104 Å². The van der Waals surface area contributed by atoms with Crippen LogP contribution in [0.2, 0.25) is 0 Å². The number of carboxylic acids is 1. The molecule has 0 saturated carbocycles. The molecule has 1 atom stereocenters. The monoisotopic (exact) mass is 169 g/mol. The zero-order valence-electron chi connectivity index (χ0n) is 6.97. The van der Waals surface area contributed by atoms with Gasteiger partial charge in [-0.25, -0.2) is 0 Å². The van der Waals surface area contributed by atoms with E-state index in [2.05, 4.69) is 0 Å². The summed E-state index contributed by atoms with van der Waals surface area (Å²) in [5, 5.41) is 10.1. The van der Waals surface area contributed by atoms with Gasteiger partial charge in [-0.1, -0.05) is 20.8 Å². The first-order valence-corrected chi connectivity index (χ1v) is 2.82. The molecule has 0 rings (SSSR count). The predicted molar refractivity (Wildman–Crippen MR) is 32.4 cm³/mol. The van der Waals surface area contributed by atoms with E-state index in [1.54, 1.807) is 20.8 Å². The van der Waals surface area contributed by atoms with Crippen LogP contribution in [-0.4, -0.2) is 12.0 Å². The number of carbonyl (C=O) groups excluding carboxylic acids is 1. The second kappa shape index (κ2) is 4.85. The van der Waals surface area contributed by atoms with Crippen molar-refractivity contribution in [2.45, 2.75) is 26.8 Å². The maximum Gasteiger partial charge on any atom is 1.00 e. The first kappa shape index (κ1) is 13.6. The van der Waals surface area contributed by atoms with Gasteiger partial charge in [0.1, 0.15) is 0 Å². The summed E-state index contributed by atoms with van der Waals surface area (Å²) in [6.45, 7) is 5.27. The van der Waals surface area contributed by atoms with Crippen LogP contribution in [-0.2, 0) is 4.79 Å². The Morgan fingerprint density at radius 3 is 1.80 bits per heavy atom. The van der Waals surface area contributed by atoms with Crippen molar-refractivity contribution in [1.82, 2.24) is 0 Å². The van der Waals surface area contributed by atoms with E-state index in [0.717, 1.165) is 0 Å². The number of rotatable bonds is 1. The van der Waals surface area contributed by atoms with Gasteiger partial charge in [-0.15, -0.1) is 0 Å². The van der Waals surface area contributed by atoms with E-state index in [9.17, 15) is 9.90 Å². The van der Waals surface area contributed by atoms with Gasteiger partial charge in [0.2, 0.25) is 0 Å². The molecule has 0 aromatic heterocycles. The molecule has 10 heavy (non-hydrogen) atoms. The number of carboxylic acid groups (broad SMARTS) is 1. The molecule has 0 fully saturated rings. The van der Waals surface area contributed by atoms with E-state index in [0.29, 0.717) is 0 Å². The van der Waals surface area contributed by atoms with Crippen LogP contribution >= 0.6 is 0 Å². The molecule has 3 nitrogen and oxygen atoms in total. The molecule has 0 aliphatic rings. The van der Waals surface area contributed by atoms with Crippen molar-refractivity contribution in [3.8, 4) is 0 Å². The third-order valence-electron chi connectivity index (χ3n) is 1.19. The molecule has 0 aromatic rings. The van der Waals surface area contributed by atoms with Crippen molar-refractivity contribution in [3.63, 3.8) is 0 Å². The van der Waals surface area contributed by atoms with Crippen LogP contribution in [0.15, 0.2) is 0 Å². The van der Waals surface area contributed by atoms with Gasteiger partial charge >= 0.3 is 51.4 Å². The minimum absolute atomic E-state index is 0. The molecule has 0 heterocycles. The average molecular weight is 169 g/mol. The molecule has 1 unspecified atom stereocenters. The van der Waals surface area contributed by atoms with Crippen molar-refractivity contribution >= 4 is 5.97 Å². The summed E-state index contributed by atoms with van der Waals surface area (Å²) in [5.74, 6) is -1.19. The minimum atomic E-state index is -1.19. The molecular formula is C6H12KNO2. The fraction of sp³-hybridized carbons (Fsp3) is 0.833. The Morgan fingerprint density at radius 1 is 1.50 bits per heavy atom. The molecule has 0 saturated heterocycles. The predicted octanol–water partition coefficient (Wildman–Crippen LogP) is -3.89. The fourth-order valence-corrected chi connectivity index (χ4v) is 0.354. The molecule has 0 aromatic carbocycles. The van der Waals surface area contributed by atoms with Crippen LogP contribution < -0.4 is 62.2 Å². The second-order valence-corrected chi connectivity index (χ2v) is 3.16. The van der Waals surface area contributed by atoms with Crippen LogP contribution in [0, 0.1) is 5.41 Å². The Hall–Kier alpha value is 1.07. The maximum atomic E-state index is 10.1. The molecule has 2 N–H and O–H groups in total. The van der Waals surface area contributed by atoms with E-state index >= 15 is 0 Å². The Bertz CT molecular complexity index is 119. The quantitative estimate of drug-likeness (QED) is 0.408. The van der Waals surface area contributed by atoms with Crippen molar-refractivity contribution in [1.29, 1.82) is 0 Å². The van der Waals surface area contributed by atoms with Crippen molar-refractivity contribution in [2.75, 3.05) is 0 Å². The van der Waals surface area contributed by atoms with E-state index in [-0.39, 0.29) is 51.4 Å². The van der Waals surface area contributed by atoms with Crippen molar-refractivity contribution in [3.05, 3.63) is 0 Å². The summed E-state index contributed by atoms with van der Waals surface area (Å²) in [7, 11) is 0. The van der Waals surface area contributed by atoms with Gasteiger partial charge < -0.3 is 15.6 Å². The number of hydrogen-bond acceptors (Lipinski definition) is 3. The van der Waals surface area contributed by atoms with E-state index in [1.807, 2.05) is 0 Å². The minimum Gasteiger partial charge on any atom is -0.548 e. The maximum absolute atomic E-state index is 10.1. The molecule has 4 heteroatoms. The third kappa shape index (κ3) is 4.82. The smallest absolute Gasteiger partial charge is 0.548 e. The molecule has 54 valence electrons. The van der Waals surface area contributed by atoms with E-state index < -0.39 is 17.4 Å². The van der Waals surface area contributed by atoms with Crippen LogP contribution in [0.1, 0.15) is 20.8 Å². The van der Waals surface area contributed by atoms with Gasteiger partial charge in [0, 0.05) is 6.04 Å². The normalized spacial score (nSPS) is 13.6. The van der Waals surface area contributed by atoms with Gasteiger partial charge in [-0.05, 0) is 5.41 Å². The van der Waals surface area contributed by atoms with E-state index in [1.165, 1.54) is 0 Å². The summed E-state index contributed by atoms with van der Waals surface area (Å²) < 4.78 is 0. The summed E-state index contributed by atoms with van der Waals surface area (Å²) >= 11 is 0. The molecule has 0 amide bonds. The summed E-state index contributed by atoms with van der Waals surface area (Å²) in [4.78, 5) is 10.1. The largest absolute Gasteiger partial charge is 1.00 e. The summed E-state index contributed by atoms with van der Waals surface area (Å²) in [6.07, 6.45) is 0. The zero-order chi connectivity index (χ0) is 7.65. The van der Waals surface area contributed by atoms with Crippen LogP contribution in [0.5, 0.6) is 0 Å². The van der Waals surface area contributed by atoms with Crippen LogP contribution in [0.4, 0.5) is 0 Å². The number of carbonyl (C=O) groups is 1. The standard InChI is InChI=1S/C6H13NO2.K/c1-6(2,3)4(7)5(8)9;/h4H,7H2,1-3H3,(H,8,9);/q;+1/p-1. The first-order valence-electron chi connectivity index (χ1n) is 2.82. The van der Waals surface area contributed by atoms with Crippen molar-refractivity contribution in [2.24, 2.45) is 11.1 Å². The number of nitrogens with two attached hydrogens (primary N) is 1. The molecule has 0 bridgehead atoms. The zero-order valence-corrected chi connectivity index (χ0v) is 10.1.